The first-order valence-electron chi connectivity index (χ1n) is 4.48. The highest BCUT2D eigenvalue weighted by Gasteiger charge is 2.08. The zero-order chi connectivity index (χ0) is 10.8. The Bertz CT molecular complexity index is 481. The number of rotatable bonds is 2. The van der Waals surface area contributed by atoms with E-state index in [0.29, 0.717) is 0 Å². The number of nitrogens with zero attached hydrogens (tertiary/aromatic N) is 2. The Kier molecular flexibility index (Phi) is 3.02. The van der Waals surface area contributed by atoms with Gasteiger partial charge in [-0.1, -0.05) is 15.9 Å². The molecule has 3 nitrogen and oxygen atoms in total. The highest BCUT2D eigenvalue weighted by Crippen LogP contribution is 2.26. The van der Waals surface area contributed by atoms with E-state index < -0.39 is 0 Å². The highest BCUT2D eigenvalue weighted by molar-refractivity contribution is 9.10. The van der Waals surface area contributed by atoms with Crippen LogP contribution in [0, 0.1) is 6.92 Å². The first kappa shape index (κ1) is 10.6. The first-order chi connectivity index (χ1) is 7.20. The molecule has 0 aliphatic carbocycles. The Morgan fingerprint density at radius 3 is 2.80 bits per heavy atom. The summed E-state index contributed by atoms with van der Waals surface area (Å²) < 4.78 is 5.38. The molecule has 0 spiro atoms. The van der Waals surface area contributed by atoms with E-state index in [-0.39, 0.29) is 0 Å². The summed E-state index contributed by atoms with van der Waals surface area (Å²) in [6, 6.07) is 6.10. The fraction of sp³-hybridized carbons (Fsp3) is 0.200. The van der Waals surface area contributed by atoms with Crippen molar-refractivity contribution in [2.45, 2.75) is 6.92 Å². The predicted octanol–water partition coefficient (Wildman–Crippen LogP) is 3.32. The third kappa shape index (κ3) is 2.18. The number of aryl methyl sites for hydroxylation is 1. The van der Waals surface area contributed by atoms with Gasteiger partial charge in [-0.15, -0.1) is 0 Å². The predicted molar refractivity (Wildman–Crippen MR) is 67.3 cm³/mol. The Morgan fingerprint density at radius 1 is 1.40 bits per heavy atom. The van der Waals surface area contributed by atoms with Gasteiger partial charge in [0.05, 0.1) is 0 Å². The minimum absolute atomic E-state index is 0.786. The average molecular weight is 284 g/mol. The normalized spacial score (nSPS) is 10.3. The lowest BCUT2D eigenvalue weighted by Crippen LogP contribution is -1.88. The van der Waals surface area contributed by atoms with Crippen molar-refractivity contribution in [1.29, 1.82) is 0 Å². The van der Waals surface area contributed by atoms with E-state index in [9.17, 15) is 0 Å². The van der Waals surface area contributed by atoms with Crippen molar-refractivity contribution >= 4 is 32.6 Å². The second-order valence-corrected chi connectivity index (χ2v) is 4.80. The number of halogens is 1. The summed E-state index contributed by atoms with van der Waals surface area (Å²) >= 11 is 4.81. The molecule has 1 heterocycles. The molecule has 78 valence electrons. The summed E-state index contributed by atoms with van der Waals surface area (Å²) in [6.07, 6.45) is 0. The lowest BCUT2D eigenvalue weighted by atomic mass is 10.1. The van der Waals surface area contributed by atoms with E-state index in [4.69, 9.17) is 0 Å². The Labute approximate surface area is 101 Å². The molecule has 0 fully saturated rings. The zero-order valence-corrected chi connectivity index (χ0v) is 10.8. The third-order valence-electron chi connectivity index (χ3n) is 2.07. The molecule has 0 aliphatic heterocycles. The van der Waals surface area contributed by atoms with Crippen molar-refractivity contribution in [3.63, 3.8) is 0 Å². The lowest BCUT2D eigenvalue weighted by Gasteiger charge is -2.01. The second kappa shape index (κ2) is 4.28. The van der Waals surface area contributed by atoms with Crippen LogP contribution in [0.1, 0.15) is 5.56 Å². The van der Waals surface area contributed by atoms with Gasteiger partial charge in [-0.05, 0) is 30.7 Å². The molecule has 0 atom stereocenters. The van der Waals surface area contributed by atoms with E-state index in [2.05, 4.69) is 43.6 Å². The van der Waals surface area contributed by atoms with Crippen LogP contribution in [-0.4, -0.2) is 16.4 Å². The lowest BCUT2D eigenvalue weighted by molar-refractivity contribution is 1.28. The second-order valence-electron chi connectivity index (χ2n) is 3.13. The van der Waals surface area contributed by atoms with Gasteiger partial charge in [0, 0.05) is 28.6 Å². The Balaban J connectivity index is 2.44. The number of aromatic nitrogens is 2. The maximum Gasteiger partial charge on any atom is 0.202 e. The molecule has 0 unspecified atom stereocenters. The van der Waals surface area contributed by atoms with Crippen LogP contribution in [0.4, 0.5) is 5.13 Å². The van der Waals surface area contributed by atoms with Crippen molar-refractivity contribution in [3.8, 4) is 11.4 Å². The number of benzene rings is 1. The van der Waals surface area contributed by atoms with Crippen LogP contribution in [0.2, 0.25) is 0 Å². The van der Waals surface area contributed by atoms with Gasteiger partial charge < -0.3 is 5.32 Å². The number of nitrogens with one attached hydrogen (secondary N) is 1. The summed E-state index contributed by atoms with van der Waals surface area (Å²) in [5.41, 5.74) is 2.25. The molecule has 0 aliphatic rings. The third-order valence-corrected chi connectivity index (χ3v) is 3.30. The van der Waals surface area contributed by atoms with Crippen molar-refractivity contribution < 1.29 is 0 Å². The van der Waals surface area contributed by atoms with Crippen molar-refractivity contribution in [2.75, 3.05) is 12.4 Å². The molecule has 0 radical (unpaired) electrons. The van der Waals surface area contributed by atoms with E-state index >= 15 is 0 Å². The van der Waals surface area contributed by atoms with Crippen LogP contribution in [0.25, 0.3) is 11.4 Å². The van der Waals surface area contributed by atoms with E-state index in [1.165, 1.54) is 17.1 Å². The molecule has 0 amide bonds. The molecule has 15 heavy (non-hydrogen) atoms. The van der Waals surface area contributed by atoms with Crippen LogP contribution >= 0.6 is 27.5 Å². The molecule has 5 heteroatoms. The summed E-state index contributed by atoms with van der Waals surface area (Å²) in [5.74, 6) is 0.786. The first-order valence-corrected chi connectivity index (χ1v) is 6.05. The number of hydrogen-bond acceptors (Lipinski definition) is 4. The highest BCUT2D eigenvalue weighted by atomic mass is 79.9. The summed E-state index contributed by atoms with van der Waals surface area (Å²) in [4.78, 5) is 4.37. The number of anilines is 1. The van der Waals surface area contributed by atoms with Gasteiger partial charge in [-0.25, -0.2) is 0 Å². The standard InChI is InChI=1S/C10H10BrN3S/c1-6-5-7(11)3-4-8(6)9-13-10(12-2)15-14-9/h3-5H,1-2H3,(H,12,13,14). The van der Waals surface area contributed by atoms with E-state index in [1.807, 2.05) is 19.2 Å². The van der Waals surface area contributed by atoms with Crippen LogP contribution in [0.3, 0.4) is 0 Å². The van der Waals surface area contributed by atoms with Crippen LogP contribution in [0.15, 0.2) is 22.7 Å². The zero-order valence-electron chi connectivity index (χ0n) is 8.41. The van der Waals surface area contributed by atoms with Crippen LogP contribution in [-0.2, 0) is 0 Å². The maximum absolute atomic E-state index is 4.37. The molecular formula is C10H10BrN3S. The molecule has 1 aromatic heterocycles. The SMILES string of the molecule is CNc1nc(-c2ccc(Br)cc2C)ns1. The van der Waals surface area contributed by atoms with Crippen LogP contribution < -0.4 is 5.32 Å². The molecule has 2 aromatic rings. The van der Waals surface area contributed by atoms with E-state index in [1.54, 1.807) is 0 Å². The average Bonchev–Trinajstić information content (AvgIpc) is 2.66. The van der Waals surface area contributed by atoms with Gasteiger partial charge in [0.15, 0.2) is 5.82 Å². The summed E-state index contributed by atoms with van der Waals surface area (Å²) in [5, 5.41) is 3.82. The monoisotopic (exact) mass is 283 g/mol. The smallest absolute Gasteiger partial charge is 0.202 e. The fourth-order valence-corrected chi connectivity index (χ4v) is 2.32. The minimum Gasteiger partial charge on any atom is -0.363 e. The van der Waals surface area contributed by atoms with Gasteiger partial charge in [-0.3, -0.25) is 0 Å². The summed E-state index contributed by atoms with van der Waals surface area (Å²) in [7, 11) is 1.85. The van der Waals surface area contributed by atoms with Gasteiger partial charge in [0.25, 0.3) is 0 Å². The molecule has 0 bridgehead atoms. The van der Waals surface area contributed by atoms with Gasteiger partial charge in [0.1, 0.15) is 0 Å². The van der Waals surface area contributed by atoms with E-state index in [0.717, 1.165) is 21.0 Å². The van der Waals surface area contributed by atoms with Gasteiger partial charge in [0.2, 0.25) is 5.13 Å². The number of hydrogen-bond donors (Lipinski definition) is 1. The van der Waals surface area contributed by atoms with Gasteiger partial charge >= 0.3 is 0 Å². The molecule has 0 saturated heterocycles. The van der Waals surface area contributed by atoms with Crippen molar-refractivity contribution in [2.24, 2.45) is 0 Å². The molecule has 1 N–H and O–H groups in total. The van der Waals surface area contributed by atoms with Crippen LogP contribution in [0.5, 0.6) is 0 Å². The molecular weight excluding hydrogens is 274 g/mol. The Hall–Kier alpha value is -0.940. The molecule has 1 aromatic carbocycles. The topological polar surface area (TPSA) is 37.8 Å². The molecule has 2 rings (SSSR count). The quantitative estimate of drug-likeness (QED) is 0.919. The Morgan fingerprint density at radius 2 is 2.20 bits per heavy atom. The molecule has 0 saturated carbocycles. The fourth-order valence-electron chi connectivity index (χ4n) is 1.31. The maximum atomic E-state index is 4.37. The van der Waals surface area contributed by atoms with Crippen molar-refractivity contribution in [3.05, 3.63) is 28.2 Å². The van der Waals surface area contributed by atoms with Gasteiger partial charge in [-0.2, -0.15) is 9.36 Å². The van der Waals surface area contributed by atoms with Crippen molar-refractivity contribution in [1.82, 2.24) is 9.36 Å². The largest absolute Gasteiger partial charge is 0.363 e. The minimum atomic E-state index is 0.786. The summed E-state index contributed by atoms with van der Waals surface area (Å²) in [6.45, 7) is 2.06.